The van der Waals surface area contributed by atoms with Crippen LogP contribution in [0.2, 0.25) is 0 Å². The van der Waals surface area contributed by atoms with Gasteiger partial charge in [-0.3, -0.25) is 28.9 Å². The summed E-state index contributed by atoms with van der Waals surface area (Å²) >= 11 is 0. The highest BCUT2D eigenvalue weighted by Gasteiger charge is 2.29. The van der Waals surface area contributed by atoms with E-state index in [1.54, 1.807) is 29.1 Å². The number of nitrogens with zero attached hydrogens (tertiary/aromatic N) is 5. The predicted molar refractivity (Wildman–Crippen MR) is 141 cm³/mol. The third-order valence-corrected chi connectivity index (χ3v) is 7.24. The second kappa shape index (κ2) is 13.5. The van der Waals surface area contributed by atoms with Crippen LogP contribution in [-0.4, -0.2) is 94.8 Å². The van der Waals surface area contributed by atoms with Crippen molar-refractivity contribution in [2.24, 2.45) is 7.05 Å². The largest absolute Gasteiger partial charge is 0.383 e. The fourth-order valence-electron chi connectivity index (χ4n) is 5.25. The van der Waals surface area contributed by atoms with E-state index in [1.807, 2.05) is 19.2 Å². The Morgan fingerprint density at radius 1 is 1.11 bits per heavy atom. The van der Waals surface area contributed by atoms with Crippen molar-refractivity contribution in [2.45, 2.75) is 51.1 Å². The molecule has 1 aliphatic heterocycles. The standard InChI is InChI=1S/C27H39N7O4/c1-32-23-7-6-21-17-22(23)26(31-32)27(37)29-10-4-14-33(18-20-8-11-28-12-9-20)13-3-5-25(36)34(15-16-38-2)19-24(35)30-21/h8-9,11-12,21H,3-7,10,13-19H2,1-2H3,(H,29,37)(H,30,35). The maximum absolute atomic E-state index is 13.1. The Kier molecular flexibility index (Phi) is 9.83. The van der Waals surface area contributed by atoms with Crippen LogP contribution >= 0.6 is 0 Å². The minimum absolute atomic E-state index is 0.00728. The molecule has 2 N–H and O–H groups in total. The SMILES string of the molecule is COCCN1CC(=O)NC2CCc3c(c(nn3C)C(=O)NCCCN(Cc3ccncc3)CCCC1=O)C2. The van der Waals surface area contributed by atoms with Gasteiger partial charge in [-0.2, -0.15) is 5.10 Å². The summed E-state index contributed by atoms with van der Waals surface area (Å²) in [5.74, 6) is -0.417. The molecule has 0 spiro atoms. The van der Waals surface area contributed by atoms with E-state index in [-0.39, 0.29) is 30.3 Å². The van der Waals surface area contributed by atoms with Crippen LogP contribution in [0.25, 0.3) is 0 Å². The molecular weight excluding hydrogens is 486 g/mol. The summed E-state index contributed by atoms with van der Waals surface area (Å²) in [6, 6.07) is 3.87. The Morgan fingerprint density at radius 2 is 1.89 bits per heavy atom. The van der Waals surface area contributed by atoms with Gasteiger partial charge < -0.3 is 20.3 Å². The number of methoxy groups -OCH3 is 1. The van der Waals surface area contributed by atoms with Crippen LogP contribution in [-0.2, 0) is 40.8 Å². The molecular formula is C27H39N7O4. The Bertz CT molecular complexity index is 1100. The normalized spacial score (nSPS) is 20.4. The predicted octanol–water partition coefficient (Wildman–Crippen LogP) is 0.680. The number of carbonyl (C=O) groups excluding carboxylic acids is 3. The van der Waals surface area contributed by atoms with Gasteiger partial charge in [-0.25, -0.2) is 0 Å². The maximum Gasteiger partial charge on any atom is 0.272 e. The molecule has 0 saturated carbocycles. The highest BCUT2D eigenvalue weighted by molar-refractivity contribution is 5.94. The molecule has 1 aliphatic carbocycles. The van der Waals surface area contributed by atoms with Crippen LogP contribution in [0.4, 0.5) is 0 Å². The smallest absolute Gasteiger partial charge is 0.272 e. The van der Waals surface area contributed by atoms with Crippen molar-refractivity contribution < 1.29 is 19.1 Å². The van der Waals surface area contributed by atoms with Crippen molar-refractivity contribution in [1.82, 2.24) is 35.2 Å². The van der Waals surface area contributed by atoms with Crippen LogP contribution in [0.1, 0.15) is 53.0 Å². The summed E-state index contributed by atoms with van der Waals surface area (Å²) in [6.45, 7) is 3.49. The first-order valence-electron chi connectivity index (χ1n) is 13.4. The quantitative estimate of drug-likeness (QED) is 0.589. The number of ether oxygens (including phenoxy) is 1. The summed E-state index contributed by atoms with van der Waals surface area (Å²) in [4.78, 5) is 47.1. The van der Waals surface area contributed by atoms with E-state index in [1.165, 1.54) is 0 Å². The summed E-state index contributed by atoms with van der Waals surface area (Å²) in [5, 5.41) is 10.6. The van der Waals surface area contributed by atoms with E-state index < -0.39 is 0 Å². The number of aromatic nitrogens is 3. The van der Waals surface area contributed by atoms with Crippen LogP contribution < -0.4 is 10.6 Å². The summed E-state index contributed by atoms with van der Waals surface area (Å²) < 4.78 is 6.98. The molecule has 11 heteroatoms. The monoisotopic (exact) mass is 525 g/mol. The summed E-state index contributed by atoms with van der Waals surface area (Å²) in [7, 11) is 3.45. The van der Waals surface area contributed by atoms with Crippen LogP contribution in [0.3, 0.4) is 0 Å². The first-order valence-corrected chi connectivity index (χ1v) is 13.4. The molecule has 0 radical (unpaired) electrons. The van der Waals surface area contributed by atoms with Crippen LogP contribution in [0.15, 0.2) is 24.5 Å². The zero-order valence-corrected chi connectivity index (χ0v) is 22.4. The molecule has 0 fully saturated rings. The Hall–Kier alpha value is -3.31. The third-order valence-electron chi connectivity index (χ3n) is 7.24. The summed E-state index contributed by atoms with van der Waals surface area (Å²) in [5.41, 5.74) is 3.52. The van der Waals surface area contributed by atoms with Gasteiger partial charge in [0.2, 0.25) is 11.8 Å². The van der Waals surface area contributed by atoms with E-state index in [9.17, 15) is 14.4 Å². The van der Waals surface area contributed by atoms with Gasteiger partial charge >= 0.3 is 0 Å². The molecule has 2 aliphatic rings. The first-order chi connectivity index (χ1) is 18.4. The van der Waals surface area contributed by atoms with E-state index in [4.69, 9.17) is 4.74 Å². The topological polar surface area (TPSA) is 122 Å². The van der Waals surface area contributed by atoms with Crippen LogP contribution in [0, 0.1) is 0 Å². The van der Waals surface area contributed by atoms with E-state index in [2.05, 4.69) is 25.6 Å². The second-order valence-corrected chi connectivity index (χ2v) is 10.1. The second-order valence-electron chi connectivity index (χ2n) is 10.1. The number of fused-ring (bicyclic) bond motifs is 1. The molecule has 11 nitrogen and oxygen atoms in total. The number of carbonyl (C=O) groups is 3. The lowest BCUT2D eigenvalue weighted by atomic mass is 9.91. The number of amides is 3. The Labute approximate surface area is 223 Å². The molecule has 1 unspecified atom stereocenters. The van der Waals surface area contributed by atoms with Crippen molar-refractivity contribution in [2.75, 3.05) is 46.4 Å². The van der Waals surface area contributed by atoms with Gasteiger partial charge in [0.15, 0.2) is 5.69 Å². The van der Waals surface area contributed by atoms with E-state index in [0.717, 1.165) is 55.7 Å². The fourth-order valence-corrected chi connectivity index (χ4v) is 5.25. The molecule has 2 aromatic heterocycles. The van der Waals surface area contributed by atoms with Crippen molar-refractivity contribution in [3.8, 4) is 0 Å². The zero-order valence-electron chi connectivity index (χ0n) is 22.4. The van der Waals surface area contributed by atoms with Gasteiger partial charge in [0.05, 0.1) is 13.2 Å². The van der Waals surface area contributed by atoms with E-state index in [0.29, 0.717) is 44.7 Å². The zero-order chi connectivity index (χ0) is 26.9. The molecule has 206 valence electrons. The molecule has 38 heavy (non-hydrogen) atoms. The van der Waals surface area contributed by atoms with Crippen molar-refractivity contribution in [1.29, 1.82) is 0 Å². The molecule has 0 saturated heterocycles. The van der Waals surface area contributed by atoms with Gasteiger partial charge in [0.25, 0.3) is 5.91 Å². The molecule has 3 heterocycles. The number of hydrogen-bond acceptors (Lipinski definition) is 7. The highest BCUT2D eigenvalue weighted by atomic mass is 16.5. The number of rotatable bonds is 5. The lowest BCUT2D eigenvalue weighted by molar-refractivity contribution is -0.137. The van der Waals surface area contributed by atoms with Crippen molar-refractivity contribution in [3.63, 3.8) is 0 Å². The lowest BCUT2D eigenvalue weighted by Crippen LogP contribution is -2.47. The highest BCUT2D eigenvalue weighted by Crippen LogP contribution is 2.24. The molecule has 0 aromatic carbocycles. The van der Waals surface area contributed by atoms with Crippen LogP contribution in [0.5, 0.6) is 0 Å². The lowest BCUT2D eigenvalue weighted by Gasteiger charge is -2.27. The number of pyridine rings is 1. The first kappa shape index (κ1) is 27.7. The van der Waals surface area contributed by atoms with Gasteiger partial charge in [0.1, 0.15) is 0 Å². The molecule has 4 rings (SSSR count). The maximum atomic E-state index is 13.1. The third kappa shape index (κ3) is 7.38. The minimum Gasteiger partial charge on any atom is -0.383 e. The Morgan fingerprint density at radius 3 is 2.68 bits per heavy atom. The number of hydrogen-bond donors (Lipinski definition) is 2. The minimum atomic E-state index is -0.196. The van der Waals surface area contributed by atoms with Crippen molar-refractivity contribution >= 4 is 17.7 Å². The Balaban J connectivity index is 1.51. The average Bonchev–Trinajstić information content (AvgIpc) is 3.24. The number of aryl methyl sites for hydroxylation is 1. The van der Waals surface area contributed by atoms with Crippen molar-refractivity contribution in [3.05, 3.63) is 47.0 Å². The molecule has 3 amide bonds. The summed E-state index contributed by atoms with van der Waals surface area (Å²) in [6.07, 6.45) is 7.39. The van der Waals surface area contributed by atoms with Gasteiger partial charge in [-0.05, 0) is 56.3 Å². The van der Waals surface area contributed by atoms with E-state index >= 15 is 0 Å². The van der Waals surface area contributed by atoms with Gasteiger partial charge in [0, 0.05) is 76.5 Å². The fraction of sp³-hybridized carbons (Fsp3) is 0.593. The average molecular weight is 526 g/mol. The molecule has 2 bridgehead atoms. The molecule has 2 aromatic rings. The van der Waals surface area contributed by atoms with Gasteiger partial charge in [-0.1, -0.05) is 0 Å². The molecule has 1 atom stereocenters. The number of nitrogens with one attached hydrogen (secondary N) is 2. The van der Waals surface area contributed by atoms with Gasteiger partial charge in [-0.15, -0.1) is 0 Å².